The Kier molecular flexibility index (Phi) is 5.64. The van der Waals surface area contributed by atoms with Crippen LogP contribution in [0.5, 0.6) is 0 Å². The van der Waals surface area contributed by atoms with Crippen molar-refractivity contribution in [1.29, 1.82) is 0 Å². The van der Waals surface area contributed by atoms with Crippen molar-refractivity contribution in [3.05, 3.63) is 29.6 Å². The van der Waals surface area contributed by atoms with E-state index in [4.69, 9.17) is 4.74 Å². The van der Waals surface area contributed by atoms with E-state index in [1.165, 1.54) is 6.07 Å². The average molecular weight is 330 g/mol. The van der Waals surface area contributed by atoms with Gasteiger partial charge in [-0.05, 0) is 31.4 Å². The van der Waals surface area contributed by atoms with Crippen LogP contribution in [-0.4, -0.2) is 25.8 Å². The van der Waals surface area contributed by atoms with E-state index in [1.807, 2.05) is 6.07 Å². The molecule has 19 heavy (non-hydrogen) atoms. The first kappa shape index (κ1) is 14.8. The number of alkyl halides is 1. The van der Waals surface area contributed by atoms with Gasteiger partial charge in [0.1, 0.15) is 5.82 Å². The molecule has 1 aliphatic rings. The zero-order chi connectivity index (χ0) is 13.7. The molecular formula is C15H21BrFNO. The van der Waals surface area contributed by atoms with Gasteiger partial charge in [0.2, 0.25) is 0 Å². The minimum Gasteiger partial charge on any atom is -0.376 e. The van der Waals surface area contributed by atoms with Gasteiger partial charge in [-0.1, -0.05) is 28.9 Å². The van der Waals surface area contributed by atoms with Crippen molar-refractivity contribution in [2.75, 3.05) is 24.6 Å². The molecule has 0 spiro atoms. The fourth-order valence-corrected chi connectivity index (χ4v) is 3.11. The maximum Gasteiger partial charge on any atom is 0.129 e. The number of hydrogen-bond donors (Lipinski definition) is 0. The quantitative estimate of drug-likeness (QED) is 0.753. The fraction of sp³-hybridized carbons (Fsp3) is 0.600. The number of piperidine rings is 1. The summed E-state index contributed by atoms with van der Waals surface area (Å²) in [4.78, 5) is 2.25. The molecule has 0 aromatic heterocycles. The second-order valence-electron chi connectivity index (χ2n) is 4.95. The summed E-state index contributed by atoms with van der Waals surface area (Å²) in [7, 11) is 0. The molecule has 1 aromatic rings. The molecule has 0 aliphatic carbocycles. The number of halogens is 2. The second-order valence-corrected chi connectivity index (χ2v) is 5.51. The number of nitrogens with zero attached hydrogens (tertiary/aromatic N) is 1. The van der Waals surface area contributed by atoms with Crippen LogP contribution in [0.2, 0.25) is 0 Å². The van der Waals surface area contributed by atoms with Crippen LogP contribution >= 0.6 is 15.9 Å². The minimum absolute atomic E-state index is 0.133. The molecule has 0 bridgehead atoms. The van der Waals surface area contributed by atoms with E-state index in [9.17, 15) is 4.39 Å². The van der Waals surface area contributed by atoms with Gasteiger partial charge in [0.25, 0.3) is 0 Å². The van der Waals surface area contributed by atoms with Crippen LogP contribution in [0.4, 0.5) is 10.1 Å². The van der Waals surface area contributed by atoms with E-state index in [2.05, 4.69) is 27.8 Å². The molecule has 1 heterocycles. The van der Waals surface area contributed by atoms with Crippen LogP contribution < -0.4 is 4.90 Å². The van der Waals surface area contributed by atoms with E-state index in [0.29, 0.717) is 5.33 Å². The third-order valence-corrected chi connectivity index (χ3v) is 4.07. The Morgan fingerprint density at radius 3 is 3.05 bits per heavy atom. The number of ether oxygens (including phenoxy) is 1. The third kappa shape index (κ3) is 3.69. The fourth-order valence-electron chi connectivity index (χ4n) is 2.55. The molecule has 0 N–H and O–H groups in total. The molecule has 1 unspecified atom stereocenters. The van der Waals surface area contributed by atoms with Crippen LogP contribution in [0.25, 0.3) is 0 Å². The normalized spacial score (nSPS) is 19.7. The van der Waals surface area contributed by atoms with Gasteiger partial charge < -0.3 is 9.64 Å². The van der Waals surface area contributed by atoms with E-state index in [-0.39, 0.29) is 11.9 Å². The van der Waals surface area contributed by atoms with E-state index < -0.39 is 0 Å². The van der Waals surface area contributed by atoms with E-state index in [1.54, 1.807) is 6.07 Å². The number of anilines is 1. The van der Waals surface area contributed by atoms with Gasteiger partial charge in [-0.25, -0.2) is 4.39 Å². The van der Waals surface area contributed by atoms with Crippen LogP contribution in [-0.2, 0) is 10.1 Å². The molecule has 0 amide bonds. The van der Waals surface area contributed by atoms with Crippen molar-refractivity contribution >= 4 is 21.6 Å². The Hall–Kier alpha value is -0.610. The van der Waals surface area contributed by atoms with Gasteiger partial charge >= 0.3 is 0 Å². The number of rotatable bonds is 5. The van der Waals surface area contributed by atoms with Crippen molar-refractivity contribution in [3.8, 4) is 0 Å². The SMILES string of the molecule is CCCOC1CCCN(c2cccc(F)c2CBr)C1. The van der Waals surface area contributed by atoms with Gasteiger partial charge in [-0.2, -0.15) is 0 Å². The minimum atomic E-state index is -0.133. The van der Waals surface area contributed by atoms with E-state index in [0.717, 1.165) is 50.2 Å². The predicted molar refractivity (Wildman–Crippen MR) is 80.5 cm³/mol. The molecule has 1 saturated heterocycles. The molecule has 1 atom stereocenters. The summed E-state index contributed by atoms with van der Waals surface area (Å²) in [6.45, 7) is 4.78. The van der Waals surface area contributed by atoms with Gasteiger partial charge in [0.15, 0.2) is 0 Å². The van der Waals surface area contributed by atoms with Crippen molar-refractivity contribution in [2.24, 2.45) is 0 Å². The lowest BCUT2D eigenvalue weighted by molar-refractivity contribution is 0.0440. The third-order valence-electron chi connectivity index (χ3n) is 3.50. The lowest BCUT2D eigenvalue weighted by Crippen LogP contribution is -2.40. The topological polar surface area (TPSA) is 12.5 Å². The Balaban J connectivity index is 2.10. The van der Waals surface area contributed by atoms with Crippen molar-refractivity contribution in [1.82, 2.24) is 0 Å². The lowest BCUT2D eigenvalue weighted by atomic mass is 10.1. The molecule has 0 radical (unpaired) electrons. The van der Waals surface area contributed by atoms with Crippen molar-refractivity contribution in [3.63, 3.8) is 0 Å². The van der Waals surface area contributed by atoms with Crippen molar-refractivity contribution < 1.29 is 9.13 Å². The molecule has 2 nitrogen and oxygen atoms in total. The molecule has 4 heteroatoms. The summed E-state index contributed by atoms with van der Waals surface area (Å²) in [6.07, 6.45) is 3.53. The average Bonchev–Trinajstić information content (AvgIpc) is 2.45. The molecule has 0 saturated carbocycles. The summed E-state index contributed by atoms with van der Waals surface area (Å²) >= 11 is 3.38. The Bertz CT molecular complexity index is 413. The molecule has 2 rings (SSSR count). The molecule has 106 valence electrons. The second kappa shape index (κ2) is 7.25. The smallest absolute Gasteiger partial charge is 0.129 e. The highest BCUT2D eigenvalue weighted by Gasteiger charge is 2.22. The van der Waals surface area contributed by atoms with Gasteiger partial charge in [-0.15, -0.1) is 0 Å². The summed E-state index contributed by atoms with van der Waals surface area (Å²) in [5.41, 5.74) is 1.75. The van der Waals surface area contributed by atoms with Gasteiger partial charge in [0.05, 0.1) is 6.10 Å². The highest BCUT2D eigenvalue weighted by atomic mass is 79.9. The van der Waals surface area contributed by atoms with Crippen LogP contribution in [0.3, 0.4) is 0 Å². The van der Waals surface area contributed by atoms with E-state index >= 15 is 0 Å². The zero-order valence-corrected chi connectivity index (χ0v) is 13.0. The maximum absolute atomic E-state index is 13.8. The first-order valence-electron chi connectivity index (χ1n) is 6.96. The standard InChI is InChI=1S/C15H21BrFNO/c1-2-9-19-12-5-4-8-18(11-12)15-7-3-6-14(17)13(15)10-16/h3,6-7,12H,2,4-5,8-11H2,1H3. The monoisotopic (exact) mass is 329 g/mol. The first-order chi connectivity index (χ1) is 9.26. The maximum atomic E-state index is 13.8. The molecule has 1 fully saturated rings. The number of hydrogen-bond acceptors (Lipinski definition) is 2. The largest absolute Gasteiger partial charge is 0.376 e. The highest BCUT2D eigenvalue weighted by Crippen LogP contribution is 2.28. The van der Waals surface area contributed by atoms with Gasteiger partial charge in [0, 0.05) is 36.3 Å². The Morgan fingerprint density at radius 2 is 2.32 bits per heavy atom. The molecule has 1 aromatic carbocycles. The Labute approximate surface area is 123 Å². The lowest BCUT2D eigenvalue weighted by Gasteiger charge is -2.35. The summed E-state index contributed by atoms with van der Waals surface area (Å²) in [5, 5.41) is 0.548. The van der Waals surface area contributed by atoms with Crippen LogP contribution in [0.1, 0.15) is 31.7 Å². The summed E-state index contributed by atoms with van der Waals surface area (Å²) < 4.78 is 19.7. The zero-order valence-electron chi connectivity index (χ0n) is 11.4. The first-order valence-corrected chi connectivity index (χ1v) is 8.08. The predicted octanol–water partition coefficient (Wildman–Crippen LogP) is 4.12. The Morgan fingerprint density at radius 1 is 1.47 bits per heavy atom. The summed E-state index contributed by atoms with van der Waals surface area (Å²) in [5.74, 6) is -0.133. The summed E-state index contributed by atoms with van der Waals surface area (Å²) in [6, 6.07) is 5.31. The highest BCUT2D eigenvalue weighted by molar-refractivity contribution is 9.08. The van der Waals surface area contributed by atoms with Crippen molar-refractivity contribution in [2.45, 2.75) is 37.6 Å². The number of benzene rings is 1. The molecular weight excluding hydrogens is 309 g/mol. The van der Waals surface area contributed by atoms with Gasteiger partial charge in [-0.3, -0.25) is 0 Å². The van der Waals surface area contributed by atoms with Crippen LogP contribution in [0.15, 0.2) is 18.2 Å². The van der Waals surface area contributed by atoms with Crippen LogP contribution in [0, 0.1) is 5.82 Å². The molecule has 1 aliphatic heterocycles.